The van der Waals surface area contributed by atoms with E-state index >= 15 is 0 Å². The van der Waals surface area contributed by atoms with Crippen LogP contribution in [0, 0.1) is 11.6 Å². The zero-order chi connectivity index (χ0) is 15.1. The summed E-state index contributed by atoms with van der Waals surface area (Å²) in [5.74, 6) is -2.31. The molecule has 0 spiro atoms. The molecule has 1 aromatic carbocycles. The zero-order valence-corrected chi connectivity index (χ0v) is 11.2. The van der Waals surface area contributed by atoms with Gasteiger partial charge in [-0.1, -0.05) is 0 Å². The monoisotopic (exact) mass is 285 g/mol. The summed E-state index contributed by atoms with van der Waals surface area (Å²) in [5, 5.41) is 2.33. The lowest BCUT2D eigenvalue weighted by atomic mass is 10.2. The van der Waals surface area contributed by atoms with Crippen LogP contribution in [0.15, 0.2) is 18.2 Å². The van der Waals surface area contributed by atoms with Gasteiger partial charge in [0, 0.05) is 25.2 Å². The van der Waals surface area contributed by atoms with Crippen molar-refractivity contribution in [1.29, 1.82) is 0 Å². The minimum absolute atomic E-state index is 0.00954. The lowest BCUT2D eigenvalue weighted by Gasteiger charge is -2.16. The summed E-state index contributed by atoms with van der Waals surface area (Å²) in [4.78, 5) is 24.5. The fourth-order valence-electron chi connectivity index (χ4n) is 1.57. The molecule has 0 aromatic heterocycles. The van der Waals surface area contributed by atoms with Gasteiger partial charge >= 0.3 is 0 Å². The van der Waals surface area contributed by atoms with Gasteiger partial charge in [0.2, 0.25) is 11.8 Å². The second-order valence-electron chi connectivity index (χ2n) is 4.35. The summed E-state index contributed by atoms with van der Waals surface area (Å²) in [6, 6.07) is 2.70. The number of halogens is 2. The molecule has 0 bridgehead atoms. The predicted molar refractivity (Wildman–Crippen MR) is 70.9 cm³/mol. The van der Waals surface area contributed by atoms with E-state index in [9.17, 15) is 18.4 Å². The molecule has 0 radical (unpaired) electrons. The molecule has 3 N–H and O–H groups in total. The number of anilines is 1. The SMILES string of the molecule is CN(CC(=O)Nc1cc(F)cc(F)c1)C(=O)CCCN. The minimum atomic E-state index is -0.785. The number of carbonyl (C=O) groups excluding carboxylic acids is 2. The summed E-state index contributed by atoms with van der Waals surface area (Å²) < 4.78 is 25.9. The van der Waals surface area contributed by atoms with Crippen LogP contribution in [0.25, 0.3) is 0 Å². The predicted octanol–water partition coefficient (Wildman–Crippen LogP) is 1.10. The molecule has 110 valence electrons. The number of carbonyl (C=O) groups is 2. The first-order valence-corrected chi connectivity index (χ1v) is 6.12. The van der Waals surface area contributed by atoms with Gasteiger partial charge in [-0.15, -0.1) is 0 Å². The van der Waals surface area contributed by atoms with Gasteiger partial charge in [0.25, 0.3) is 0 Å². The van der Waals surface area contributed by atoms with Crippen LogP contribution in [0.1, 0.15) is 12.8 Å². The van der Waals surface area contributed by atoms with E-state index in [0.717, 1.165) is 12.1 Å². The molecular weight excluding hydrogens is 268 g/mol. The van der Waals surface area contributed by atoms with E-state index in [2.05, 4.69) is 5.32 Å². The maximum Gasteiger partial charge on any atom is 0.243 e. The number of benzene rings is 1. The quantitative estimate of drug-likeness (QED) is 0.822. The molecule has 0 aliphatic carbocycles. The number of nitrogens with one attached hydrogen (secondary N) is 1. The van der Waals surface area contributed by atoms with E-state index < -0.39 is 17.5 Å². The van der Waals surface area contributed by atoms with Crippen molar-refractivity contribution < 1.29 is 18.4 Å². The third-order valence-corrected chi connectivity index (χ3v) is 2.55. The molecule has 0 aliphatic heterocycles. The lowest BCUT2D eigenvalue weighted by Crippen LogP contribution is -2.35. The lowest BCUT2D eigenvalue weighted by molar-refractivity contribution is -0.133. The average Bonchev–Trinajstić information content (AvgIpc) is 2.34. The first kappa shape index (κ1) is 16.0. The minimum Gasteiger partial charge on any atom is -0.336 e. The van der Waals surface area contributed by atoms with Gasteiger partial charge in [-0.3, -0.25) is 9.59 Å². The van der Waals surface area contributed by atoms with E-state index in [1.54, 1.807) is 0 Å². The van der Waals surface area contributed by atoms with Crippen molar-refractivity contribution in [2.24, 2.45) is 5.73 Å². The van der Waals surface area contributed by atoms with Crippen molar-refractivity contribution in [3.05, 3.63) is 29.8 Å². The number of amides is 2. The van der Waals surface area contributed by atoms with Crippen molar-refractivity contribution in [3.8, 4) is 0 Å². The molecule has 20 heavy (non-hydrogen) atoms. The second kappa shape index (κ2) is 7.54. The second-order valence-corrected chi connectivity index (χ2v) is 4.35. The number of hydrogen-bond acceptors (Lipinski definition) is 3. The summed E-state index contributed by atoms with van der Waals surface area (Å²) in [5.41, 5.74) is 5.30. The summed E-state index contributed by atoms with van der Waals surface area (Å²) >= 11 is 0. The van der Waals surface area contributed by atoms with Crippen LogP contribution in [-0.2, 0) is 9.59 Å². The number of nitrogens with zero attached hydrogens (tertiary/aromatic N) is 1. The average molecular weight is 285 g/mol. The summed E-state index contributed by atoms with van der Waals surface area (Å²) in [6.07, 6.45) is 0.800. The highest BCUT2D eigenvalue weighted by Gasteiger charge is 2.13. The first-order valence-electron chi connectivity index (χ1n) is 6.12. The molecule has 1 rings (SSSR count). The topological polar surface area (TPSA) is 75.4 Å². The third kappa shape index (κ3) is 5.31. The Morgan fingerprint density at radius 3 is 2.40 bits per heavy atom. The largest absolute Gasteiger partial charge is 0.336 e. The molecule has 2 amide bonds. The molecule has 0 saturated heterocycles. The standard InChI is InChI=1S/C13H17F2N3O2/c1-18(13(20)3-2-4-16)8-12(19)17-11-6-9(14)5-10(15)7-11/h5-7H,2-4,8,16H2,1H3,(H,17,19). The Morgan fingerprint density at radius 1 is 1.25 bits per heavy atom. The molecule has 0 fully saturated rings. The van der Waals surface area contributed by atoms with E-state index in [-0.39, 0.29) is 24.6 Å². The smallest absolute Gasteiger partial charge is 0.243 e. The Balaban J connectivity index is 2.52. The fourth-order valence-corrected chi connectivity index (χ4v) is 1.57. The van der Waals surface area contributed by atoms with Gasteiger partial charge in [0.05, 0.1) is 6.54 Å². The normalized spacial score (nSPS) is 10.2. The van der Waals surface area contributed by atoms with Crippen LogP contribution in [0.2, 0.25) is 0 Å². The van der Waals surface area contributed by atoms with Gasteiger partial charge in [-0.05, 0) is 25.1 Å². The van der Waals surface area contributed by atoms with Gasteiger partial charge in [-0.25, -0.2) is 8.78 Å². The highest BCUT2D eigenvalue weighted by molar-refractivity contribution is 5.94. The Hall–Kier alpha value is -2.02. The summed E-state index contributed by atoms with van der Waals surface area (Å²) in [7, 11) is 1.48. The van der Waals surface area contributed by atoms with Gasteiger partial charge in [0.15, 0.2) is 0 Å². The van der Waals surface area contributed by atoms with E-state index in [1.165, 1.54) is 11.9 Å². The van der Waals surface area contributed by atoms with Crippen LogP contribution >= 0.6 is 0 Å². The molecule has 5 nitrogen and oxygen atoms in total. The Bertz CT molecular complexity index is 474. The van der Waals surface area contributed by atoms with Crippen molar-refractivity contribution >= 4 is 17.5 Å². The number of nitrogens with two attached hydrogens (primary N) is 1. The Kier molecular flexibility index (Phi) is 6.05. The van der Waals surface area contributed by atoms with Crippen molar-refractivity contribution in [3.63, 3.8) is 0 Å². The highest BCUT2D eigenvalue weighted by atomic mass is 19.1. The Morgan fingerprint density at radius 2 is 1.85 bits per heavy atom. The number of hydrogen-bond donors (Lipinski definition) is 2. The number of rotatable bonds is 6. The van der Waals surface area contributed by atoms with Crippen LogP contribution in [0.3, 0.4) is 0 Å². The first-order chi connectivity index (χ1) is 9.42. The Labute approximate surface area is 115 Å². The third-order valence-electron chi connectivity index (χ3n) is 2.55. The van der Waals surface area contributed by atoms with Crippen LogP contribution in [0.5, 0.6) is 0 Å². The molecule has 0 heterocycles. The molecule has 0 unspecified atom stereocenters. The van der Waals surface area contributed by atoms with E-state index in [1.807, 2.05) is 0 Å². The van der Waals surface area contributed by atoms with Crippen LogP contribution in [0.4, 0.5) is 14.5 Å². The van der Waals surface area contributed by atoms with Gasteiger partial charge in [-0.2, -0.15) is 0 Å². The number of likely N-dealkylation sites (N-methyl/N-ethyl adjacent to an activating group) is 1. The highest BCUT2D eigenvalue weighted by Crippen LogP contribution is 2.12. The fraction of sp³-hybridized carbons (Fsp3) is 0.385. The van der Waals surface area contributed by atoms with Crippen LogP contribution < -0.4 is 11.1 Å². The van der Waals surface area contributed by atoms with E-state index in [0.29, 0.717) is 19.0 Å². The molecule has 1 aromatic rings. The molecular formula is C13H17F2N3O2. The van der Waals surface area contributed by atoms with Gasteiger partial charge < -0.3 is 16.0 Å². The maximum atomic E-state index is 12.9. The molecule has 0 saturated carbocycles. The van der Waals surface area contributed by atoms with Crippen molar-refractivity contribution in [1.82, 2.24) is 4.90 Å². The molecule has 7 heteroatoms. The molecule has 0 atom stereocenters. The summed E-state index contributed by atoms with van der Waals surface area (Å²) in [6.45, 7) is 0.204. The molecule has 0 aliphatic rings. The van der Waals surface area contributed by atoms with E-state index in [4.69, 9.17) is 5.73 Å². The zero-order valence-electron chi connectivity index (χ0n) is 11.2. The van der Waals surface area contributed by atoms with Crippen molar-refractivity contribution in [2.45, 2.75) is 12.8 Å². The van der Waals surface area contributed by atoms with Crippen LogP contribution in [-0.4, -0.2) is 36.9 Å². The van der Waals surface area contributed by atoms with Crippen molar-refractivity contribution in [2.75, 3.05) is 25.5 Å². The maximum absolute atomic E-state index is 12.9. The van der Waals surface area contributed by atoms with Gasteiger partial charge in [0.1, 0.15) is 11.6 Å².